The molecule has 0 spiro atoms. The summed E-state index contributed by atoms with van der Waals surface area (Å²) < 4.78 is 31.5. The van der Waals surface area contributed by atoms with E-state index in [0.29, 0.717) is 17.9 Å². The van der Waals surface area contributed by atoms with Gasteiger partial charge in [0, 0.05) is 19.0 Å². The number of hydrogen-bond donors (Lipinski definition) is 1. The predicted octanol–water partition coefficient (Wildman–Crippen LogP) is 2.74. The zero-order chi connectivity index (χ0) is 20.1. The molecule has 1 aliphatic heterocycles. The van der Waals surface area contributed by atoms with Gasteiger partial charge in [0.2, 0.25) is 10.0 Å². The van der Waals surface area contributed by atoms with Crippen LogP contribution in [-0.2, 0) is 21.2 Å². The molecule has 2 aromatic carbocycles. The third-order valence-corrected chi connectivity index (χ3v) is 5.97. The highest BCUT2D eigenvalue weighted by molar-refractivity contribution is 7.92. The van der Waals surface area contributed by atoms with Gasteiger partial charge in [0.15, 0.2) is 6.10 Å². The van der Waals surface area contributed by atoms with Crippen molar-refractivity contribution in [2.75, 3.05) is 17.1 Å². The molecule has 6 nitrogen and oxygen atoms in total. The topological polar surface area (TPSA) is 75.7 Å². The normalized spacial score (nSPS) is 17.8. The van der Waals surface area contributed by atoms with Crippen LogP contribution in [0.3, 0.4) is 0 Å². The highest BCUT2D eigenvalue weighted by Crippen LogP contribution is 2.33. The number of carbonyl (C=O) groups excluding carboxylic acids is 1. The Hall–Kier alpha value is -2.54. The number of amides is 1. The monoisotopic (exact) mass is 402 g/mol. The van der Waals surface area contributed by atoms with Gasteiger partial charge in [-0.25, -0.2) is 8.42 Å². The van der Waals surface area contributed by atoms with Crippen LogP contribution in [0.25, 0.3) is 0 Å². The Kier molecular flexibility index (Phi) is 6.24. The van der Waals surface area contributed by atoms with Crippen LogP contribution in [0.4, 0.5) is 5.69 Å². The fourth-order valence-corrected chi connectivity index (χ4v) is 4.24. The van der Waals surface area contributed by atoms with Crippen molar-refractivity contribution in [2.24, 2.45) is 0 Å². The number of anilines is 1. The number of nitrogens with zero attached hydrogens (tertiary/aromatic N) is 1. The Bertz CT molecular complexity index is 915. The Labute approximate surface area is 166 Å². The average Bonchev–Trinajstić information content (AvgIpc) is 2.87. The third-order valence-electron chi connectivity index (χ3n) is 4.79. The lowest BCUT2D eigenvalue weighted by Gasteiger charge is -2.20. The number of benzene rings is 2. The van der Waals surface area contributed by atoms with Gasteiger partial charge < -0.3 is 10.1 Å². The highest BCUT2D eigenvalue weighted by Gasteiger charge is 2.31. The van der Waals surface area contributed by atoms with Gasteiger partial charge in [-0.2, -0.15) is 0 Å². The first-order chi connectivity index (χ1) is 13.3. The molecule has 1 aliphatic rings. The van der Waals surface area contributed by atoms with Crippen LogP contribution in [0, 0.1) is 0 Å². The number of nitrogens with one attached hydrogen (secondary N) is 1. The van der Waals surface area contributed by atoms with E-state index in [9.17, 15) is 13.2 Å². The summed E-state index contributed by atoms with van der Waals surface area (Å²) in [5, 5.41) is 3.00. The number of aryl methyl sites for hydroxylation is 1. The smallest absolute Gasteiger partial charge is 0.261 e. The lowest BCUT2D eigenvalue weighted by molar-refractivity contribution is -0.128. The fourth-order valence-electron chi connectivity index (χ4n) is 3.29. The van der Waals surface area contributed by atoms with Crippen molar-refractivity contribution >= 4 is 21.6 Å². The number of rotatable bonds is 6. The molecule has 0 saturated carbocycles. The van der Waals surface area contributed by atoms with Gasteiger partial charge in [-0.1, -0.05) is 42.5 Å². The Morgan fingerprint density at radius 2 is 1.86 bits per heavy atom. The van der Waals surface area contributed by atoms with Crippen LogP contribution < -0.4 is 14.4 Å². The quantitative estimate of drug-likeness (QED) is 0.806. The average molecular weight is 403 g/mol. The van der Waals surface area contributed by atoms with E-state index in [1.807, 2.05) is 25.1 Å². The van der Waals surface area contributed by atoms with E-state index in [-0.39, 0.29) is 18.5 Å². The van der Waals surface area contributed by atoms with Gasteiger partial charge in [-0.15, -0.1) is 0 Å². The number of fused-ring (bicyclic) bond motifs is 1. The summed E-state index contributed by atoms with van der Waals surface area (Å²) in [6.45, 7) is 2.17. The van der Waals surface area contributed by atoms with E-state index in [2.05, 4.69) is 17.4 Å². The van der Waals surface area contributed by atoms with Gasteiger partial charge >= 0.3 is 0 Å². The molecule has 2 atom stereocenters. The molecule has 2 aromatic rings. The van der Waals surface area contributed by atoms with E-state index < -0.39 is 16.1 Å². The SMILES string of the molecule is CC(CCc1ccccc1)NC(=O)C1CCN(S(C)(=O)=O)c2ccccc2O1. The molecule has 2 unspecified atom stereocenters. The van der Waals surface area contributed by atoms with Gasteiger partial charge in [0.1, 0.15) is 5.75 Å². The Morgan fingerprint density at radius 1 is 1.18 bits per heavy atom. The molecule has 1 heterocycles. The number of carbonyl (C=O) groups is 1. The van der Waals surface area contributed by atoms with Crippen molar-refractivity contribution < 1.29 is 17.9 Å². The van der Waals surface area contributed by atoms with Crippen LogP contribution >= 0.6 is 0 Å². The molecule has 150 valence electrons. The van der Waals surface area contributed by atoms with Crippen LogP contribution in [0.2, 0.25) is 0 Å². The summed E-state index contributed by atoms with van der Waals surface area (Å²) in [5.41, 5.74) is 1.70. The van der Waals surface area contributed by atoms with E-state index in [0.717, 1.165) is 19.1 Å². The second-order valence-corrected chi connectivity index (χ2v) is 9.04. The summed E-state index contributed by atoms with van der Waals surface area (Å²) >= 11 is 0. The first-order valence-corrected chi connectivity index (χ1v) is 11.3. The molecule has 3 rings (SSSR count). The standard InChI is InChI=1S/C21H26N2O4S/c1-16(12-13-17-8-4-3-5-9-17)22-21(24)20-14-15-23(28(2,25)26)18-10-6-7-11-19(18)27-20/h3-11,16,20H,12-15H2,1-2H3,(H,22,24). The molecule has 28 heavy (non-hydrogen) atoms. The predicted molar refractivity (Wildman–Crippen MR) is 110 cm³/mol. The van der Waals surface area contributed by atoms with Gasteiger partial charge in [0.25, 0.3) is 5.91 Å². The van der Waals surface area contributed by atoms with E-state index in [1.54, 1.807) is 24.3 Å². The molecular weight excluding hydrogens is 376 g/mol. The minimum atomic E-state index is -3.45. The second kappa shape index (κ2) is 8.65. The molecule has 0 radical (unpaired) electrons. The van der Waals surface area contributed by atoms with Crippen molar-refractivity contribution in [1.29, 1.82) is 0 Å². The zero-order valence-corrected chi connectivity index (χ0v) is 17.0. The van der Waals surface area contributed by atoms with Gasteiger partial charge in [-0.3, -0.25) is 9.10 Å². The lowest BCUT2D eigenvalue weighted by Crippen LogP contribution is -2.43. The fraction of sp³-hybridized carbons (Fsp3) is 0.381. The summed E-state index contributed by atoms with van der Waals surface area (Å²) in [4.78, 5) is 12.7. The molecule has 7 heteroatoms. The first-order valence-electron chi connectivity index (χ1n) is 9.42. The number of para-hydroxylation sites is 2. The minimum absolute atomic E-state index is 0.0131. The van der Waals surface area contributed by atoms with E-state index in [4.69, 9.17) is 4.74 Å². The summed E-state index contributed by atoms with van der Waals surface area (Å²) in [6, 6.07) is 17.0. The highest BCUT2D eigenvalue weighted by atomic mass is 32.2. The largest absolute Gasteiger partial charge is 0.478 e. The lowest BCUT2D eigenvalue weighted by atomic mass is 10.1. The second-order valence-electron chi connectivity index (χ2n) is 7.13. The number of sulfonamides is 1. The number of ether oxygens (including phenoxy) is 1. The van der Waals surface area contributed by atoms with Crippen LogP contribution in [0.15, 0.2) is 54.6 Å². The first kappa shape index (κ1) is 20.2. The number of hydrogen-bond acceptors (Lipinski definition) is 4. The Balaban J connectivity index is 1.64. The molecule has 0 fully saturated rings. The molecule has 0 aliphatic carbocycles. The van der Waals surface area contributed by atoms with Crippen molar-refractivity contribution in [2.45, 2.75) is 38.3 Å². The van der Waals surface area contributed by atoms with Crippen LogP contribution in [-0.4, -0.2) is 39.3 Å². The maximum absolute atomic E-state index is 12.7. The summed E-state index contributed by atoms with van der Waals surface area (Å²) in [5.74, 6) is 0.188. The zero-order valence-electron chi connectivity index (χ0n) is 16.2. The maximum Gasteiger partial charge on any atom is 0.261 e. The minimum Gasteiger partial charge on any atom is -0.478 e. The van der Waals surface area contributed by atoms with Crippen molar-refractivity contribution in [1.82, 2.24) is 5.32 Å². The molecule has 1 N–H and O–H groups in total. The summed E-state index contributed by atoms with van der Waals surface area (Å²) in [6.07, 6.45) is 2.41. The van der Waals surface area contributed by atoms with E-state index >= 15 is 0 Å². The maximum atomic E-state index is 12.7. The molecule has 1 amide bonds. The molecular formula is C21H26N2O4S. The molecule has 0 saturated heterocycles. The van der Waals surface area contributed by atoms with Crippen molar-refractivity contribution in [3.8, 4) is 5.75 Å². The van der Waals surface area contributed by atoms with Gasteiger partial charge in [-0.05, 0) is 37.5 Å². The van der Waals surface area contributed by atoms with Gasteiger partial charge in [0.05, 0.1) is 11.9 Å². The summed E-state index contributed by atoms with van der Waals surface area (Å²) in [7, 11) is -3.45. The van der Waals surface area contributed by atoms with E-state index in [1.165, 1.54) is 9.87 Å². The van der Waals surface area contributed by atoms with Crippen molar-refractivity contribution in [3.63, 3.8) is 0 Å². The van der Waals surface area contributed by atoms with Crippen LogP contribution in [0.1, 0.15) is 25.3 Å². The Morgan fingerprint density at radius 3 is 2.57 bits per heavy atom. The van der Waals surface area contributed by atoms with Crippen LogP contribution in [0.5, 0.6) is 5.75 Å². The van der Waals surface area contributed by atoms with Crippen molar-refractivity contribution in [3.05, 3.63) is 60.2 Å². The third kappa shape index (κ3) is 5.04. The molecule has 0 aromatic heterocycles. The molecule has 0 bridgehead atoms.